The van der Waals surface area contributed by atoms with Crippen LogP contribution < -0.4 is 0 Å². The van der Waals surface area contributed by atoms with Gasteiger partial charge in [0.15, 0.2) is 0 Å². The van der Waals surface area contributed by atoms with Gasteiger partial charge in [0.05, 0.1) is 0 Å². The van der Waals surface area contributed by atoms with E-state index in [2.05, 4.69) is 54.6 Å². The van der Waals surface area contributed by atoms with E-state index in [1.807, 2.05) is 11.8 Å². The molecule has 1 nitrogen and oxygen atoms in total. The minimum atomic E-state index is -0.627. The van der Waals surface area contributed by atoms with Crippen molar-refractivity contribution in [1.82, 2.24) is 0 Å². The summed E-state index contributed by atoms with van der Waals surface area (Å²) >= 11 is 1.86. The lowest BCUT2D eigenvalue weighted by molar-refractivity contribution is 0.286. The van der Waals surface area contributed by atoms with Crippen LogP contribution in [0.25, 0.3) is 0 Å². The van der Waals surface area contributed by atoms with Gasteiger partial charge in [0.2, 0.25) is 9.04 Å². The Morgan fingerprint density at radius 1 is 0.950 bits per heavy atom. The summed E-state index contributed by atoms with van der Waals surface area (Å²) in [6, 6.07) is 21.8. The molecule has 0 spiro atoms. The Labute approximate surface area is 127 Å². The summed E-state index contributed by atoms with van der Waals surface area (Å²) in [5.74, 6) is 0. The van der Waals surface area contributed by atoms with Gasteiger partial charge in [-0.3, -0.25) is 0 Å². The van der Waals surface area contributed by atoms with E-state index in [9.17, 15) is 0 Å². The molecule has 3 heteroatoms. The highest BCUT2D eigenvalue weighted by atomic mass is 32.2. The Hall–Kier alpha value is -1.03. The first-order chi connectivity index (χ1) is 9.92. The molecule has 1 saturated heterocycles. The van der Waals surface area contributed by atoms with Crippen molar-refractivity contribution < 1.29 is 4.43 Å². The second kappa shape index (κ2) is 7.11. The molecule has 0 saturated carbocycles. The van der Waals surface area contributed by atoms with Gasteiger partial charge in [0, 0.05) is 16.4 Å². The van der Waals surface area contributed by atoms with E-state index in [1.165, 1.54) is 34.2 Å². The van der Waals surface area contributed by atoms with E-state index in [0.717, 1.165) is 12.7 Å². The zero-order chi connectivity index (χ0) is 13.6. The Kier molecular flexibility index (Phi) is 4.95. The molecule has 1 aliphatic heterocycles. The van der Waals surface area contributed by atoms with Crippen LogP contribution in [0.3, 0.4) is 0 Å². The zero-order valence-electron chi connectivity index (χ0n) is 11.5. The first-order valence-corrected chi connectivity index (χ1v) is 9.84. The number of hydrogen-bond donors (Lipinski definition) is 0. The van der Waals surface area contributed by atoms with Crippen LogP contribution >= 0.6 is 11.8 Å². The van der Waals surface area contributed by atoms with E-state index < -0.39 is 9.04 Å². The van der Waals surface area contributed by atoms with Gasteiger partial charge in [0.1, 0.15) is 0 Å². The predicted molar refractivity (Wildman–Crippen MR) is 86.5 cm³/mol. The lowest BCUT2D eigenvalue weighted by atomic mass is 10.2. The average molecular weight is 299 g/mol. The maximum Gasteiger partial charge on any atom is 0.215 e. The molecule has 1 radical (unpaired) electrons. The molecule has 2 aromatic carbocycles. The molecule has 2 aromatic rings. The topological polar surface area (TPSA) is 9.23 Å². The van der Waals surface area contributed by atoms with E-state index in [1.54, 1.807) is 0 Å². The summed E-state index contributed by atoms with van der Waals surface area (Å²) in [6.45, 7) is 0.974. The Morgan fingerprint density at radius 2 is 1.75 bits per heavy atom. The molecule has 103 valence electrons. The van der Waals surface area contributed by atoms with Gasteiger partial charge in [-0.1, -0.05) is 54.6 Å². The van der Waals surface area contributed by atoms with Gasteiger partial charge in [-0.25, -0.2) is 0 Å². The summed E-state index contributed by atoms with van der Waals surface area (Å²) < 4.78 is 5.98. The smallest absolute Gasteiger partial charge is 0.215 e. The summed E-state index contributed by atoms with van der Waals surface area (Å²) in [6.07, 6.45) is 2.59. The van der Waals surface area contributed by atoms with E-state index in [-0.39, 0.29) is 0 Å². The molecule has 0 aromatic heterocycles. The highest BCUT2D eigenvalue weighted by Crippen LogP contribution is 2.31. The molecule has 1 aliphatic rings. The van der Waals surface area contributed by atoms with E-state index >= 15 is 0 Å². The van der Waals surface area contributed by atoms with Crippen LogP contribution in [0, 0.1) is 0 Å². The standard InChI is InChI=1S/C17H19OSSi/c1-2-9-16(10-3-1)19-17-11-5-4-8-15(17)14-20-13-7-6-12-18-20/h1-5,8-11H,6-7,12-14H2. The fourth-order valence-corrected chi connectivity index (χ4v) is 5.76. The second-order valence-corrected chi connectivity index (χ2v) is 8.38. The van der Waals surface area contributed by atoms with E-state index in [4.69, 9.17) is 4.43 Å². The van der Waals surface area contributed by atoms with Crippen LogP contribution in [0.1, 0.15) is 18.4 Å². The quantitative estimate of drug-likeness (QED) is 0.755. The molecule has 20 heavy (non-hydrogen) atoms. The molecule has 0 bridgehead atoms. The van der Waals surface area contributed by atoms with Gasteiger partial charge in [-0.2, -0.15) is 0 Å². The minimum Gasteiger partial charge on any atom is -0.416 e. The van der Waals surface area contributed by atoms with Crippen LogP contribution in [0.4, 0.5) is 0 Å². The molecule has 0 amide bonds. The summed E-state index contributed by atoms with van der Waals surface area (Å²) in [5.41, 5.74) is 1.46. The molecular formula is C17H19OSSi. The molecule has 1 fully saturated rings. The fraction of sp³-hybridized carbons (Fsp3) is 0.294. The maximum atomic E-state index is 5.98. The van der Waals surface area contributed by atoms with Crippen LogP contribution in [0.15, 0.2) is 64.4 Å². The second-order valence-electron chi connectivity index (χ2n) is 5.04. The largest absolute Gasteiger partial charge is 0.416 e. The zero-order valence-corrected chi connectivity index (χ0v) is 13.4. The third-order valence-electron chi connectivity index (χ3n) is 3.49. The first-order valence-electron chi connectivity index (χ1n) is 7.20. The van der Waals surface area contributed by atoms with Crippen molar-refractivity contribution in [3.8, 4) is 0 Å². The Balaban J connectivity index is 1.74. The SMILES string of the molecule is c1ccc(Sc2ccccc2C[Si]2CCCCO2)cc1. The summed E-state index contributed by atoms with van der Waals surface area (Å²) in [5, 5.41) is 0. The van der Waals surface area contributed by atoms with Crippen LogP contribution in [-0.4, -0.2) is 15.6 Å². The Morgan fingerprint density at radius 3 is 2.55 bits per heavy atom. The molecule has 0 unspecified atom stereocenters. The molecule has 0 N–H and O–H groups in total. The van der Waals surface area contributed by atoms with Gasteiger partial charge < -0.3 is 4.43 Å². The van der Waals surface area contributed by atoms with Crippen LogP contribution in [0.5, 0.6) is 0 Å². The van der Waals surface area contributed by atoms with Crippen molar-refractivity contribution in [2.24, 2.45) is 0 Å². The van der Waals surface area contributed by atoms with Crippen molar-refractivity contribution in [3.63, 3.8) is 0 Å². The number of rotatable bonds is 4. The fourth-order valence-electron chi connectivity index (χ4n) is 2.43. The summed E-state index contributed by atoms with van der Waals surface area (Å²) in [7, 11) is -0.627. The molecule has 3 rings (SSSR count). The lowest BCUT2D eigenvalue weighted by Gasteiger charge is -2.21. The molecular weight excluding hydrogens is 280 g/mol. The predicted octanol–water partition coefficient (Wildman–Crippen LogP) is 4.72. The van der Waals surface area contributed by atoms with Crippen molar-refractivity contribution in [1.29, 1.82) is 0 Å². The van der Waals surface area contributed by atoms with Crippen molar-refractivity contribution in [2.45, 2.75) is 34.7 Å². The highest BCUT2D eigenvalue weighted by molar-refractivity contribution is 7.99. The third kappa shape index (κ3) is 3.75. The van der Waals surface area contributed by atoms with Crippen LogP contribution in [0.2, 0.25) is 6.04 Å². The van der Waals surface area contributed by atoms with Gasteiger partial charge in [-0.15, -0.1) is 0 Å². The summed E-state index contributed by atoms with van der Waals surface area (Å²) in [4.78, 5) is 2.69. The third-order valence-corrected chi connectivity index (χ3v) is 6.91. The highest BCUT2D eigenvalue weighted by Gasteiger charge is 2.19. The maximum absolute atomic E-state index is 5.98. The van der Waals surface area contributed by atoms with Crippen molar-refractivity contribution in [2.75, 3.05) is 6.61 Å². The first kappa shape index (κ1) is 13.9. The number of hydrogen-bond acceptors (Lipinski definition) is 2. The minimum absolute atomic E-state index is 0.627. The average Bonchev–Trinajstić information content (AvgIpc) is 2.51. The molecule has 0 aliphatic carbocycles. The number of benzene rings is 2. The van der Waals surface area contributed by atoms with Crippen molar-refractivity contribution >= 4 is 20.8 Å². The van der Waals surface area contributed by atoms with Gasteiger partial charge in [0.25, 0.3) is 0 Å². The van der Waals surface area contributed by atoms with Crippen LogP contribution in [-0.2, 0) is 10.5 Å². The van der Waals surface area contributed by atoms with Crippen molar-refractivity contribution in [3.05, 3.63) is 60.2 Å². The Bertz CT molecular complexity index is 538. The molecule has 1 heterocycles. The molecule has 0 atom stereocenters. The van der Waals surface area contributed by atoms with Gasteiger partial charge in [-0.05, 0) is 42.3 Å². The monoisotopic (exact) mass is 299 g/mol. The van der Waals surface area contributed by atoms with Gasteiger partial charge >= 0.3 is 0 Å². The van der Waals surface area contributed by atoms with E-state index in [0.29, 0.717) is 0 Å². The lowest BCUT2D eigenvalue weighted by Crippen LogP contribution is -2.26. The normalized spacial score (nSPS) is 16.2.